The number of thioether (sulfide) groups is 1. The van der Waals surface area contributed by atoms with E-state index in [0.717, 1.165) is 32.5 Å². The van der Waals surface area contributed by atoms with Gasteiger partial charge in [0.25, 0.3) is 5.56 Å². The molecule has 2 fully saturated rings. The van der Waals surface area contributed by atoms with Gasteiger partial charge in [0.05, 0.1) is 23.4 Å². The van der Waals surface area contributed by atoms with E-state index in [2.05, 4.69) is 15.0 Å². The lowest BCUT2D eigenvalue weighted by molar-refractivity contribution is 0.1000. The number of aromatic amines is 1. The molecule has 1 N–H and O–H groups in total. The van der Waals surface area contributed by atoms with Gasteiger partial charge in [-0.1, -0.05) is 0 Å². The summed E-state index contributed by atoms with van der Waals surface area (Å²) in [5, 5.41) is 0.276. The first-order valence-electron chi connectivity index (χ1n) is 9.58. The average molecular weight is 411 g/mol. The van der Waals surface area contributed by atoms with Crippen molar-refractivity contribution in [2.24, 2.45) is 10.9 Å². The highest BCUT2D eigenvalue weighted by molar-refractivity contribution is 7.99. The van der Waals surface area contributed by atoms with E-state index in [0.29, 0.717) is 36.6 Å². The largest absolute Gasteiger partial charge is 0.381 e. The van der Waals surface area contributed by atoms with Crippen molar-refractivity contribution in [2.75, 3.05) is 33.0 Å². The van der Waals surface area contributed by atoms with Gasteiger partial charge in [-0.3, -0.25) is 9.79 Å². The molecule has 0 radical (unpaired) electrons. The predicted molar refractivity (Wildman–Crippen MR) is 104 cm³/mol. The van der Waals surface area contributed by atoms with E-state index >= 15 is 0 Å². The molecule has 4 rings (SSSR count). The lowest BCUT2D eigenvalue weighted by Gasteiger charge is -2.21. The number of halogens is 2. The molecule has 2 unspecified atom stereocenters. The standard InChI is InChI=1S/C19H23F2N3O3S/c20-17-14(22-8-11-1-4-27-9-11)7-13-16(18(17)21)19(25)24-15(23-13)10-28-12-2-5-26-6-3-12/h7,11-12,17H,1-6,8-10H2,(H,23,24,25). The van der Waals surface area contributed by atoms with Gasteiger partial charge < -0.3 is 14.5 Å². The van der Waals surface area contributed by atoms with Crippen molar-refractivity contribution in [1.29, 1.82) is 0 Å². The van der Waals surface area contributed by atoms with Gasteiger partial charge in [-0.15, -0.1) is 0 Å². The second kappa shape index (κ2) is 8.84. The SMILES string of the molecule is O=c1[nH]c(CSC2CCOCC2)nc2c1=C(F)C(F)C(=NCC1CCOC1)C=2. The summed E-state index contributed by atoms with van der Waals surface area (Å²) in [6, 6.07) is 0. The average Bonchev–Trinajstić information content (AvgIpc) is 3.22. The third-order valence-corrected chi connectivity index (χ3v) is 6.57. The van der Waals surface area contributed by atoms with Gasteiger partial charge in [-0.05, 0) is 25.3 Å². The fraction of sp³-hybridized carbons (Fsp3) is 0.632. The second-order valence-corrected chi connectivity index (χ2v) is 8.53. The van der Waals surface area contributed by atoms with Gasteiger partial charge in [0.1, 0.15) is 11.0 Å². The first kappa shape index (κ1) is 19.7. The Hall–Kier alpha value is -1.58. The van der Waals surface area contributed by atoms with Crippen LogP contribution in [0.4, 0.5) is 8.78 Å². The van der Waals surface area contributed by atoms with E-state index in [4.69, 9.17) is 9.47 Å². The first-order valence-corrected chi connectivity index (χ1v) is 10.6. The summed E-state index contributed by atoms with van der Waals surface area (Å²) in [6.07, 6.45) is 2.15. The van der Waals surface area contributed by atoms with E-state index in [9.17, 15) is 13.6 Å². The molecule has 9 heteroatoms. The van der Waals surface area contributed by atoms with Crippen LogP contribution >= 0.6 is 11.8 Å². The molecule has 0 spiro atoms. The highest BCUT2D eigenvalue weighted by atomic mass is 32.2. The van der Waals surface area contributed by atoms with Crippen molar-refractivity contribution in [3.05, 3.63) is 26.7 Å². The summed E-state index contributed by atoms with van der Waals surface area (Å²) >= 11 is 1.69. The van der Waals surface area contributed by atoms with Crippen molar-refractivity contribution in [3.8, 4) is 0 Å². The van der Waals surface area contributed by atoms with Crippen molar-refractivity contribution in [1.82, 2.24) is 9.97 Å². The van der Waals surface area contributed by atoms with E-state index in [1.54, 1.807) is 11.8 Å². The van der Waals surface area contributed by atoms with E-state index in [-0.39, 0.29) is 22.2 Å². The van der Waals surface area contributed by atoms with Gasteiger partial charge >= 0.3 is 0 Å². The summed E-state index contributed by atoms with van der Waals surface area (Å²) in [5.41, 5.74) is -0.662. The third kappa shape index (κ3) is 4.36. The molecule has 1 aromatic rings. The zero-order chi connectivity index (χ0) is 19.5. The van der Waals surface area contributed by atoms with Gasteiger partial charge in [-0.2, -0.15) is 11.8 Å². The lowest BCUT2D eigenvalue weighted by atomic mass is 10.1. The Morgan fingerprint density at radius 1 is 1.25 bits per heavy atom. The highest BCUT2D eigenvalue weighted by Crippen LogP contribution is 2.24. The Bertz CT molecular complexity index is 921. The number of nitrogens with zero attached hydrogens (tertiary/aromatic N) is 2. The van der Waals surface area contributed by atoms with Gasteiger partial charge in [0, 0.05) is 37.5 Å². The van der Waals surface area contributed by atoms with Crippen LogP contribution in [0.3, 0.4) is 0 Å². The summed E-state index contributed by atoms with van der Waals surface area (Å²) < 4.78 is 39.6. The van der Waals surface area contributed by atoms with Gasteiger partial charge in [0.15, 0.2) is 12.0 Å². The molecule has 2 aliphatic heterocycles. The molecule has 2 atom stereocenters. The Balaban J connectivity index is 1.58. The topological polar surface area (TPSA) is 76.6 Å². The molecule has 0 bridgehead atoms. The molecular weight excluding hydrogens is 388 g/mol. The molecule has 1 aromatic heterocycles. The molecule has 28 heavy (non-hydrogen) atoms. The normalized spacial score (nSPS) is 27.1. The van der Waals surface area contributed by atoms with Crippen molar-refractivity contribution >= 4 is 29.4 Å². The van der Waals surface area contributed by atoms with E-state index in [1.165, 1.54) is 6.08 Å². The smallest absolute Gasteiger partial charge is 0.261 e. The van der Waals surface area contributed by atoms with Crippen LogP contribution in [-0.2, 0) is 15.2 Å². The molecule has 1 aliphatic carbocycles. The maximum absolute atomic E-state index is 14.5. The fourth-order valence-corrected chi connectivity index (χ4v) is 4.60. The molecule has 0 saturated carbocycles. The summed E-state index contributed by atoms with van der Waals surface area (Å²) in [6.45, 7) is 3.12. The van der Waals surface area contributed by atoms with Crippen molar-refractivity contribution in [2.45, 2.75) is 36.4 Å². The fourth-order valence-electron chi connectivity index (χ4n) is 3.54. The predicted octanol–water partition coefficient (Wildman–Crippen LogP) is 0.869. The Labute approximate surface area is 165 Å². The minimum Gasteiger partial charge on any atom is -0.381 e. The van der Waals surface area contributed by atoms with E-state index < -0.39 is 17.6 Å². The van der Waals surface area contributed by atoms with Crippen LogP contribution in [0.2, 0.25) is 0 Å². The molecule has 0 aromatic carbocycles. The molecule has 3 aliphatic rings. The van der Waals surface area contributed by atoms with Crippen LogP contribution in [-0.4, -0.2) is 60.1 Å². The van der Waals surface area contributed by atoms with Crippen molar-refractivity contribution < 1.29 is 18.3 Å². The van der Waals surface area contributed by atoms with Crippen molar-refractivity contribution in [3.63, 3.8) is 0 Å². The van der Waals surface area contributed by atoms with Crippen LogP contribution < -0.4 is 16.1 Å². The third-order valence-electron chi connectivity index (χ3n) is 5.18. The summed E-state index contributed by atoms with van der Waals surface area (Å²) in [7, 11) is 0. The number of aromatic nitrogens is 2. The molecule has 6 nitrogen and oxygen atoms in total. The quantitative estimate of drug-likeness (QED) is 0.778. The van der Waals surface area contributed by atoms with Crippen LogP contribution in [0, 0.1) is 5.92 Å². The zero-order valence-electron chi connectivity index (χ0n) is 15.5. The number of alkyl halides is 1. The number of aliphatic imine (C=N–C) groups is 1. The molecule has 3 heterocycles. The van der Waals surface area contributed by atoms with Gasteiger partial charge in [0.2, 0.25) is 0 Å². The first-order chi connectivity index (χ1) is 13.6. The number of hydrogen-bond donors (Lipinski definition) is 1. The van der Waals surface area contributed by atoms with Crippen LogP contribution in [0.5, 0.6) is 0 Å². The summed E-state index contributed by atoms with van der Waals surface area (Å²) in [5.74, 6) is 0.0747. The van der Waals surface area contributed by atoms with E-state index in [1.807, 2.05) is 0 Å². The number of rotatable bonds is 5. The number of ether oxygens (including phenoxy) is 2. The number of H-pyrrole nitrogens is 1. The highest BCUT2D eigenvalue weighted by Gasteiger charge is 2.26. The van der Waals surface area contributed by atoms with Crippen LogP contribution in [0.1, 0.15) is 25.1 Å². The minimum absolute atomic E-state index is 0.0157. The molecule has 2 saturated heterocycles. The molecular formula is C19H23F2N3O3S. The zero-order valence-corrected chi connectivity index (χ0v) is 16.3. The Kier molecular flexibility index (Phi) is 6.22. The maximum atomic E-state index is 14.5. The van der Waals surface area contributed by atoms with Gasteiger partial charge in [-0.25, -0.2) is 13.8 Å². The minimum atomic E-state index is -2.03. The molecule has 0 amide bonds. The van der Waals surface area contributed by atoms with Crippen LogP contribution in [0.25, 0.3) is 11.9 Å². The van der Waals surface area contributed by atoms with Crippen LogP contribution in [0.15, 0.2) is 9.79 Å². The lowest BCUT2D eigenvalue weighted by Crippen LogP contribution is -2.50. The summed E-state index contributed by atoms with van der Waals surface area (Å²) in [4.78, 5) is 23.6. The second-order valence-electron chi connectivity index (χ2n) is 7.25. The maximum Gasteiger partial charge on any atom is 0.261 e. The number of hydrogen-bond acceptors (Lipinski definition) is 6. The monoisotopic (exact) mass is 411 g/mol. The number of fused-ring (bicyclic) bond motifs is 1. The number of nitrogens with one attached hydrogen (secondary N) is 1. The molecule has 152 valence electrons. The Morgan fingerprint density at radius 2 is 2.04 bits per heavy atom. The Morgan fingerprint density at radius 3 is 2.79 bits per heavy atom.